The van der Waals surface area contributed by atoms with Crippen LogP contribution in [-0.4, -0.2) is 39.3 Å². The van der Waals surface area contributed by atoms with E-state index in [0.29, 0.717) is 39.7 Å². The molecule has 0 radical (unpaired) electrons. The summed E-state index contributed by atoms with van der Waals surface area (Å²) in [6, 6.07) is 12.7. The highest BCUT2D eigenvalue weighted by molar-refractivity contribution is 8.26. The van der Waals surface area contributed by atoms with Crippen molar-refractivity contribution in [2.24, 2.45) is 11.8 Å². The zero-order valence-electron chi connectivity index (χ0n) is 24.8. The Balaban J connectivity index is 1.66. The van der Waals surface area contributed by atoms with Crippen molar-refractivity contribution >= 4 is 46.1 Å². The third-order valence-corrected chi connectivity index (χ3v) is 9.95. The molecule has 41 heavy (non-hydrogen) atoms. The molecule has 4 rings (SSSR count). The second kappa shape index (κ2) is 14.3. The van der Waals surface area contributed by atoms with Crippen molar-refractivity contribution in [3.8, 4) is 6.07 Å². The third kappa shape index (κ3) is 6.95. The Morgan fingerprint density at radius 3 is 2.46 bits per heavy atom. The first kappa shape index (κ1) is 31.1. The van der Waals surface area contributed by atoms with Gasteiger partial charge >= 0.3 is 0 Å². The van der Waals surface area contributed by atoms with Crippen molar-refractivity contribution in [3.05, 3.63) is 67.8 Å². The number of thioether (sulfide) groups is 1. The average molecular weight is 591 g/mol. The van der Waals surface area contributed by atoms with Crippen LogP contribution in [0, 0.1) is 30.1 Å². The Bertz CT molecular complexity index is 1380. The summed E-state index contributed by atoms with van der Waals surface area (Å²) in [6.07, 6.45) is 9.34. The van der Waals surface area contributed by atoms with Crippen molar-refractivity contribution in [2.75, 3.05) is 24.5 Å². The number of nitrogens with zero attached hydrogens (tertiary/aromatic N) is 4. The predicted octanol–water partition coefficient (Wildman–Crippen LogP) is 6.93. The Morgan fingerprint density at radius 2 is 1.85 bits per heavy atom. The molecule has 2 fully saturated rings. The molecule has 218 valence electrons. The maximum absolute atomic E-state index is 13.6. The van der Waals surface area contributed by atoms with Crippen LogP contribution in [0.5, 0.6) is 0 Å². The smallest absolute Gasteiger partial charge is 0.270 e. The maximum atomic E-state index is 13.6. The quantitative estimate of drug-likeness (QED) is 0.209. The van der Waals surface area contributed by atoms with Gasteiger partial charge < -0.3 is 4.90 Å². The Kier molecular flexibility index (Phi) is 10.9. The van der Waals surface area contributed by atoms with Gasteiger partial charge in [-0.05, 0) is 68.6 Å². The molecule has 3 heterocycles. The molecule has 1 unspecified atom stereocenters. The zero-order chi connectivity index (χ0) is 29.5. The van der Waals surface area contributed by atoms with Crippen molar-refractivity contribution in [1.82, 2.24) is 9.47 Å². The predicted molar refractivity (Wildman–Crippen MR) is 174 cm³/mol. The number of thiocarbonyl (C=S) groups is 1. The van der Waals surface area contributed by atoms with Gasteiger partial charge in [0.25, 0.3) is 11.5 Å². The fraction of sp³-hybridized carbons (Fsp3) is 0.515. The van der Waals surface area contributed by atoms with E-state index in [-0.39, 0.29) is 17.0 Å². The van der Waals surface area contributed by atoms with E-state index in [2.05, 4.69) is 49.1 Å². The number of aromatic nitrogens is 1. The lowest BCUT2D eigenvalue weighted by Gasteiger charge is -2.36. The molecule has 2 aliphatic heterocycles. The summed E-state index contributed by atoms with van der Waals surface area (Å²) in [5, 5.41) is 9.92. The van der Waals surface area contributed by atoms with Gasteiger partial charge in [0.2, 0.25) is 0 Å². The molecule has 0 bridgehead atoms. The van der Waals surface area contributed by atoms with E-state index in [1.807, 2.05) is 26.0 Å². The van der Waals surface area contributed by atoms with Crippen LogP contribution in [0.25, 0.3) is 6.08 Å². The van der Waals surface area contributed by atoms with Crippen LogP contribution in [0.3, 0.4) is 0 Å². The fourth-order valence-electron chi connectivity index (χ4n) is 6.04. The SMILES string of the molecule is CCCCC(CC)CN1C(=O)/C(=C/c2c(C)c(C#N)c(=O)n(CC)c2N2CCC(Cc3ccccc3)CC2)SC1=S. The molecule has 2 aromatic rings. The lowest BCUT2D eigenvalue weighted by atomic mass is 9.90. The average Bonchev–Trinajstić information content (AvgIpc) is 3.24. The van der Waals surface area contributed by atoms with Crippen molar-refractivity contribution in [3.63, 3.8) is 0 Å². The van der Waals surface area contributed by atoms with Crippen LogP contribution < -0.4 is 10.5 Å². The number of nitriles is 1. The van der Waals surface area contributed by atoms with E-state index in [1.54, 1.807) is 9.47 Å². The van der Waals surface area contributed by atoms with Gasteiger partial charge in [-0.2, -0.15) is 5.26 Å². The number of hydrogen-bond acceptors (Lipinski definition) is 6. The molecule has 8 heteroatoms. The molecule has 1 atom stereocenters. The molecule has 0 spiro atoms. The number of carbonyl (C=O) groups excluding carboxylic acids is 1. The van der Waals surface area contributed by atoms with Gasteiger partial charge in [-0.25, -0.2) is 0 Å². The number of hydrogen-bond donors (Lipinski definition) is 0. The Morgan fingerprint density at radius 1 is 1.15 bits per heavy atom. The van der Waals surface area contributed by atoms with E-state index in [9.17, 15) is 14.9 Å². The van der Waals surface area contributed by atoms with Gasteiger partial charge in [0, 0.05) is 31.7 Å². The van der Waals surface area contributed by atoms with Gasteiger partial charge in [-0.3, -0.25) is 19.1 Å². The molecular weight excluding hydrogens is 549 g/mol. The van der Waals surface area contributed by atoms with Gasteiger partial charge in [0.15, 0.2) is 0 Å². The van der Waals surface area contributed by atoms with Crippen LogP contribution in [0.15, 0.2) is 40.0 Å². The number of unbranched alkanes of at least 4 members (excludes halogenated alkanes) is 1. The van der Waals surface area contributed by atoms with Crippen LogP contribution in [0.4, 0.5) is 5.82 Å². The normalized spacial score (nSPS) is 17.9. The van der Waals surface area contributed by atoms with Crippen LogP contribution in [0.1, 0.15) is 81.5 Å². The molecule has 0 N–H and O–H groups in total. The Hall–Kier alpha value is -2.89. The highest BCUT2D eigenvalue weighted by Gasteiger charge is 2.34. The van der Waals surface area contributed by atoms with E-state index in [1.165, 1.54) is 17.3 Å². The van der Waals surface area contributed by atoms with Gasteiger partial charge in [-0.1, -0.05) is 87.4 Å². The first-order valence-electron chi connectivity index (χ1n) is 15.0. The second-order valence-corrected chi connectivity index (χ2v) is 12.9. The van der Waals surface area contributed by atoms with Crippen LogP contribution >= 0.6 is 24.0 Å². The minimum absolute atomic E-state index is 0.0744. The number of anilines is 1. The molecule has 1 aromatic heterocycles. The fourth-order valence-corrected chi connectivity index (χ4v) is 7.30. The van der Waals surface area contributed by atoms with Crippen molar-refractivity contribution < 1.29 is 4.79 Å². The second-order valence-electron chi connectivity index (χ2n) is 11.2. The first-order valence-corrected chi connectivity index (χ1v) is 16.3. The van der Waals surface area contributed by atoms with E-state index in [4.69, 9.17) is 12.2 Å². The number of pyridine rings is 1. The van der Waals surface area contributed by atoms with Crippen LogP contribution in [-0.2, 0) is 17.8 Å². The van der Waals surface area contributed by atoms with Crippen molar-refractivity contribution in [1.29, 1.82) is 5.26 Å². The molecule has 2 saturated heterocycles. The summed E-state index contributed by atoms with van der Waals surface area (Å²) < 4.78 is 2.30. The molecule has 1 amide bonds. The molecule has 1 aromatic carbocycles. The number of amides is 1. The lowest BCUT2D eigenvalue weighted by molar-refractivity contribution is -0.122. The topological polar surface area (TPSA) is 69.3 Å². The molecule has 2 aliphatic rings. The zero-order valence-corrected chi connectivity index (χ0v) is 26.5. The number of benzene rings is 1. The number of rotatable bonds is 11. The van der Waals surface area contributed by atoms with E-state index < -0.39 is 0 Å². The number of piperidine rings is 1. The minimum atomic E-state index is -0.264. The molecule has 0 aliphatic carbocycles. The van der Waals surface area contributed by atoms with E-state index >= 15 is 0 Å². The third-order valence-electron chi connectivity index (χ3n) is 8.58. The summed E-state index contributed by atoms with van der Waals surface area (Å²) in [6.45, 7) is 10.8. The summed E-state index contributed by atoms with van der Waals surface area (Å²) in [5.74, 6) is 1.73. The molecule has 6 nitrogen and oxygen atoms in total. The maximum Gasteiger partial charge on any atom is 0.270 e. The van der Waals surface area contributed by atoms with E-state index in [0.717, 1.165) is 69.4 Å². The molecular formula is C33H42N4O2S2. The lowest BCUT2D eigenvalue weighted by Crippen LogP contribution is -2.39. The standard InChI is InChI=1S/C33H42N4O2S2/c1-5-8-12-24(6-2)22-37-32(39)29(41-33(37)40)20-27-23(4)28(21-34)31(38)36(7-3)30(27)35-17-15-26(16-18-35)19-25-13-10-9-11-14-25/h9-11,13-14,20,24,26H,5-8,12,15-19,22H2,1-4H3/b29-20-. The summed E-state index contributed by atoms with van der Waals surface area (Å²) in [5.41, 5.74) is 2.64. The minimum Gasteiger partial charge on any atom is -0.357 e. The highest BCUT2D eigenvalue weighted by atomic mass is 32.2. The molecule has 0 saturated carbocycles. The van der Waals surface area contributed by atoms with Gasteiger partial charge in [0.1, 0.15) is 21.8 Å². The summed E-state index contributed by atoms with van der Waals surface area (Å²) in [7, 11) is 0. The number of carbonyl (C=O) groups is 1. The summed E-state index contributed by atoms with van der Waals surface area (Å²) >= 11 is 7.00. The van der Waals surface area contributed by atoms with Crippen molar-refractivity contribution in [2.45, 2.75) is 79.2 Å². The Labute approximate surface area is 254 Å². The monoisotopic (exact) mass is 590 g/mol. The largest absolute Gasteiger partial charge is 0.357 e. The van der Waals surface area contributed by atoms with Gasteiger partial charge in [-0.15, -0.1) is 0 Å². The summed E-state index contributed by atoms with van der Waals surface area (Å²) in [4.78, 5) is 31.6. The first-order chi connectivity index (χ1) is 19.8. The van der Waals surface area contributed by atoms with Crippen LogP contribution in [0.2, 0.25) is 0 Å². The van der Waals surface area contributed by atoms with Gasteiger partial charge in [0.05, 0.1) is 4.91 Å². The highest BCUT2D eigenvalue weighted by Crippen LogP contribution is 2.37.